The number of carbonyl (C=O) groups excluding carboxylic acids is 2. The Kier molecular flexibility index (Phi) is 9.46. The van der Waals surface area contributed by atoms with Crippen molar-refractivity contribution in [3.63, 3.8) is 0 Å². The topological polar surface area (TPSA) is 70.1 Å². The first-order chi connectivity index (χ1) is 17.7. The number of amides is 2. The first-order valence-corrected chi connectivity index (χ1v) is 17.3. The third kappa shape index (κ3) is 6.81. The minimum atomic E-state index is -3.06. The third-order valence-corrected chi connectivity index (χ3v) is 11.3. The fourth-order valence-electron chi connectivity index (χ4n) is 6.80. The maximum Gasteiger partial charge on any atom is 0.246 e. The number of benzene rings is 1. The van der Waals surface area contributed by atoms with Gasteiger partial charge in [0.15, 0.2) is 0 Å². The number of nitrogens with zero attached hydrogens (tertiary/aromatic N) is 2. The van der Waals surface area contributed by atoms with Crippen molar-refractivity contribution in [3.8, 4) is 0 Å². The van der Waals surface area contributed by atoms with Gasteiger partial charge in [-0.3, -0.25) is 9.59 Å². The zero-order valence-electron chi connectivity index (χ0n) is 22.8. The maximum atomic E-state index is 15.5. The minimum Gasteiger partial charge on any atom is -0.394 e. The van der Waals surface area contributed by atoms with Crippen molar-refractivity contribution in [3.05, 3.63) is 29.8 Å². The summed E-state index contributed by atoms with van der Waals surface area (Å²) < 4.78 is 21.9. The van der Waals surface area contributed by atoms with Crippen molar-refractivity contribution in [1.82, 2.24) is 4.90 Å². The van der Waals surface area contributed by atoms with E-state index in [2.05, 4.69) is 19.1 Å². The van der Waals surface area contributed by atoms with Gasteiger partial charge in [0.1, 0.15) is 0 Å². The Balaban J connectivity index is 1.37. The Hall–Kier alpha value is -1.77. The molecule has 0 unspecified atom stereocenters. The highest BCUT2D eigenvalue weighted by Gasteiger charge is 2.52. The lowest BCUT2D eigenvalue weighted by Gasteiger charge is -2.30. The smallest absolute Gasteiger partial charge is 0.246 e. The first-order valence-electron chi connectivity index (χ1n) is 14.3. The lowest BCUT2D eigenvalue weighted by Crippen LogP contribution is -2.42. The van der Waals surface area contributed by atoms with Crippen LogP contribution in [0.15, 0.2) is 24.3 Å². The number of hydrogen-bond donors (Lipinski definition) is 1. The molecular weight excluding hydrogens is 487 g/mol. The number of rotatable bonds is 8. The first kappa shape index (κ1) is 28.2. The van der Waals surface area contributed by atoms with Crippen molar-refractivity contribution < 1.29 is 23.5 Å². The lowest BCUT2D eigenvalue weighted by atomic mass is 9.95. The van der Waals surface area contributed by atoms with E-state index in [9.17, 15) is 14.7 Å². The van der Waals surface area contributed by atoms with E-state index in [-0.39, 0.29) is 48.4 Å². The van der Waals surface area contributed by atoms with E-state index in [1.165, 1.54) is 12.0 Å². The van der Waals surface area contributed by atoms with E-state index in [1.54, 1.807) is 18.0 Å². The molecule has 206 valence electrons. The highest BCUT2D eigenvalue weighted by molar-refractivity contribution is 6.72. The van der Waals surface area contributed by atoms with Crippen molar-refractivity contribution in [1.29, 1.82) is 0 Å². The molecule has 3 saturated heterocycles. The third-order valence-electron chi connectivity index (χ3n) is 8.77. The molecule has 3 fully saturated rings. The number of halogens is 1. The predicted molar refractivity (Wildman–Crippen MR) is 147 cm³/mol. The Morgan fingerprint density at radius 2 is 1.81 bits per heavy atom. The predicted octanol–water partition coefficient (Wildman–Crippen LogP) is 5.24. The fourth-order valence-corrected chi connectivity index (χ4v) is 9.35. The van der Waals surface area contributed by atoms with E-state index < -0.39 is 14.5 Å². The Morgan fingerprint density at radius 3 is 2.51 bits per heavy atom. The van der Waals surface area contributed by atoms with E-state index in [0.29, 0.717) is 13.0 Å². The Labute approximate surface area is 222 Å². The van der Waals surface area contributed by atoms with Crippen LogP contribution in [-0.2, 0) is 20.7 Å². The van der Waals surface area contributed by atoms with Gasteiger partial charge in [0.05, 0.1) is 31.3 Å². The van der Waals surface area contributed by atoms with Crippen molar-refractivity contribution in [2.45, 2.75) is 108 Å². The summed E-state index contributed by atoms with van der Waals surface area (Å²) in [5.41, 5.74) is 1.92. The summed E-state index contributed by atoms with van der Waals surface area (Å²) in [5, 5.41) is 9.62. The van der Waals surface area contributed by atoms with Crippen LogP contribution in [0.5, 0.6) is 0 Å². The lowest BCUT2D eigenvalue weighted by molar-refractivity contribution is -0.135. The molecule has 1 aromatic rings. The number of hydrogen-bond acceptors (Lipinski definition) is 4. The molecule has 5 atom stereocenters. The monoisotopic (exact) mass is 532 g/mol. The quantitative estimate of drug-likeness (QED) is 0.367. The Morgan fingerprint density at radius 1 is 1.08 bits per heavy atom. The molecule has 0 saturated carbocycles. The van der Waals surface area contributed by atoms with E-state index >= 15 is 4.11 Å². The van der Waals surface area contributed by atoms with Crippen LogP contribution < -0.4 is 4.90 Å². The van der Waals surface area contributed by atoms with Crippen LogP contribution in [-0.4, -0.2) is 68.2 Å². The average Bonchev–Trinajstić information content (AvgIpc) is 3.45. The fraction of sp³-hybridized carbons (Fsp3) is 0.724. The molecule has 0 aromatic heterocycles. The summed E-state index contributed by atoms with van der Waals surface area (Å²) in [7, 11) is -3.06. The molecule has 0 aliphatic carbocycles. The number of carbonyl (C=O) groups is 2. The molecule has 3 aliphatic rings. The molecule has 0 radical (unpaired) electrons. The molecule has 0 spiro atoms. The molecule has 8 heteroatoms. The number of aliphatic hydroxyl groups excluding tert-OH is 1. The van der Waals surface area contributed by atoms with Crippen LogP contribution in [0.25, 0.3) is 0 Å². The van der Waals surface area contributed by atoms with E-state index in [0.717, 1.165) is 57.2 Å². The standard InChI is InChI=1S/C29H45FN2O4Si/c1-21-25(16-13-22-11-14-23(15-12-22)31-17-7-5-4-6-10-27(31)34)36-26(29(21)37(2,3)30)19-28(35)32-18-8-9-24(32)20-33/h11-12,14-15,21,24-26,29,33H,4-10,13,16-20H2,1-3H3/t21-,24+,25+,26-,29+/m1/s1. The van der Waals surface area contributed by atoms with Crippen molar-refractivity contribution >= 4 is 25.9 Å². The summed E-state index contributed by atoms with van der Waals surface area (Å²) in [5.74, 6) is 0.242. The Bertz CT molecular complexity index is 921. The average molecular weight is 533 g/mol. The molecule has 4 rings (SSSR count). The highest BCUT2D eigenvalue weighted by atomic mass is 28.4. The summed E-state index contributed by atoms with van der Waals surface area (Å²) in [6, 6.07) is 8.16. The normalized spacial score (nSPS) is 29.4. The summed E-state index contributed by atoms with van der Waals surface area (Å²) in [4.78, 5) is 29.3. The molecule has 37 heavy (non-hydrogen) atoms. The van der Waals surface area contributed by atoms with Crippen LogP contribution in [0.2, 0.25) is 18.6 Å². The van der Waals surface area contributed by atoms with Crippen LogP contribution >= 0.6 is 0 Å². The van der Waals surface area contributed by atoms with Gasteiger partial charge in [0, 0.05) is 30.7 Å². The minimum absolute atomic E-state index is 0.0201. The van der Waals surface area contributed by atoms with Gasteiger partial charge in [0.25, 0.3) is 0 Å². The molecule has 3 heterocycles. The number of aliphatic hydroxyl groups is 1. The molecule has 1 aromatic carbocycles. The largest absolute Gasteiger partial charge is 0.394 e. The van der Waals surface area contributed by atoms with Gasteiger partial charge in [-0.05, 0) is 75.2 Å². The molecule has 0 bridgehead atoms. The highest BCUT2D eigenvalue weighted by Crippen LogP contribution is 2.47. The molecule has 3 aliphatic heterocycles. The zero-order valence-corrected chi connectivity index (χ0v) is 23.8. The van der Waals surface area contributed by atoms with Crippen LogP contribution in [0, 0.1) is 5.92 Å². The second-order valence-electron chi connectivity index (χ2n) is 11.8. The van der Waals surface area contributed by atoms with Gasteiger partial charge in [-0.2, -0.15) is 0 Å². The second-order valence-corrected chi connectivity index (χ2v) is 15.6. The number of likely N-dealkylation sites (tertiary alicyclic amines) is 1. The number of aryl methyl sites for hydroxylation is 1. The van der Waals surface area contributed by atoms with Crippen molar-refractivity contribution in [2.24, 2.45) is 5.92 Å². The van der Waals surface area contributed by atoms with Gasteiger partial charge in [-0.15, -0.1) is 0 Å². The van der Waals surface area contributed by atoms with Crippen molar-refractivity contribution in [2.75, 3.05) is 24.6 Å². The summed E-state index contributed by atoms with van der Waals surface area (Å²) in [6.45, 7) is 6.97. The van der Waals surface area contributed by atoms with Crippen LogP contribution in [0.3, 0.4) is 0 Å². The van der Waals surface area contributed by atoms with Gasteiger partial charge >= 0.3 is 0 Å². The zero-order chi connectivity index (χ0) is 26.6. The van der Waals surface area contributed by atoms with Gasteiger partial charge in [-0.25, -0.2) is 0 Å². The van der Waals surface area contributed by atoms with Gasteiger partial charge < -0.3 is 23.8 Å². The number of ether oxygens (including phenoxy) is 1. The van der Waals surface area contributed by atoms with Crippen LogP contribution in [0.4, 0.5) is 9.80 Å². The second kappa shape index (κ2) is 12.4. The molecular formula is C29H45FN2O4Si. The van der Waals surface area contributed by atoms with E-state index in [4.69, 9.17) is 4.74 Å². The van der Waals surface area contributed by atoms with E-state index in [1.807, 2.05) is 17.0 Å². The van der Waals surface area contributed by atoms with Gasteiger partial charge in [-0.1, -0.05) is 31.9 Å². The van der Waals surface area contributed by atoms with Gasteiger partial charge in [0.2, 0.25) is 20.2 Å². The van der Waals surface area contributed by atoms with Crippen LogP contribution in [0.1, 0.15) is 70.3 Å². The molecule has 1 N–H and O–H groups in total. The summed E-state index contributed by atoms with van der Waals surface area (Å²) >= 11 is 0. The SMILES string of the molecule is C[C@H]1[C@H]([Si](C)(C)F)[C@@H](CC(=O)N2CCC[C@H]2CO)O[C@H]1CCc1ccc(N2CCCCCCC2=O)cc1. The number of anilines is 1. The molecule has 2 amide bonds. The maximum absolute atomic E-state index is 15.5. The summed E-state index contributed by atoms with van der Waals surface area (Å²) in [6.07, 6.45) is 7.96. The molecule has 6 nitrogen and oxygen atoms in total.